The average molecular weight is 492 g/mol. The van der Waals surface area contributed by atoms with Gasteiger partial charge < -0.3 is 0 Å². The zero-order valence-electron chi connectivity index (χ0n) is 18.8. The van der Waals surface area contributed by atoms with Crippen LogP contribution in [0.15, 0.2) is 83.8 Å². The standard InChI is InChI=1S/C26H25N3O3S2/c1-19-10-5-7-15-23(19)29(26-27-22-14-6-8-16-24(22)33-26)25(30)20-11-9-17-28(18-20)34(31,32)21-12-3-2-4-13-21/h2-8,10,12-16,20H,9,11,17-18H2,1H3. The molecule has 0 saturated carbocycles. The number of hydrogen-bond donors (Lipinski definition) is 0. The van der Waals surface area contributed by atoms with Crippen LogP contribution in [0.25, 0.3) is 10.2 Å². The van der Waals surface area contributed by atoms with Crippen LogP contribution >= 0.6 is 11.3 Å². The summed E-state index contributed by atoms with van der Waals surface area (Å²) in [7, 11) is -3.66. The molecule has 4 aromatic rings. The first-order valence-electron chi connectivity index (χ1n) is 11.3. The highest BCUT2D eigenvalue weighted by atomic mass is 32.2. The summed E-state index contributed by atoms with van der Waals surface area (Å²) in [6, 6.07) is 24.0. The number of para-hydroxylation sites is 2. The molecular formula is C26H25N3O3S2. The van der Waals surface area contributed by atoms with Crippen molar-refractivity contribution < 1.29 is 13.2 Å². The SMILES string of the molecule is Cc1ccccc1N(C(=O)C1CCCN(S(=O)(=O)c2ccccc2)C1)c1nc2ccccc2s1. The van der Waals surface area contributed by atoms with Gasteiger partial charge in [-0.15, -0.1) is 0 Å². The Labute approximate surface area is 203 Å². The second-order valence-electron chi connectivity index (χ2n) is 8.44. The number of anilines is 2. The molecule has 0 aliphatic carbocycles. The van der Waals surface area contributed by atoms with Gasteiger partial charge in [0.2, 0.25) is 15.9 Å². The maximum Gasteiger partial charge on any atom is 0.243 e. The Morgan fingerprint density at radius 3 is 2.47 bits per heavy atom. The van der Waals surface area contributed by atoms with E-state index in [1.807, 2.05) is 55.5 Å². The van der Waals surface area contributed by atoms with Gasteiger partial charge in [-0.2, -0.15) is 4.31 Å². The molecule has 34 heavy (non-hydrogen) atoms. The van der Waals surface area contributed by atoms with Crippen LogP contribution in [-0.2, 0) is 14.8 Å². The van der Waals surface area contributed by atoms with Gasteiger partial charge in [0.15, 0.2) is 5.13 Å². The summed E-state index contributed by atoms with van der Waals surface area (Å²) in [4.78, 5) is 20.7. The molecule has 1 aromatic heterocycles. The van der Waals surface area contributed by atoms with Crippen LogP contribution in [0.4, 0.5) is 10.8 Å². The Morgan fingerprint density at radius 1 is 1.00 bits per heavy atom. The highest BCUT2D eigenvalue weighted by Crippen LogP contribution is 2.37. The molecule has 2 heterocycles. The van der Waals surface area contributed by atoms with Crippen LogP contribution in [0, 0.1) is 12.8 Å². The van der Waals surface area contributed by atoms with Gasteiger partial charge in [0, 0.05) is 13.1 Å². The van der Waals surface area contributed by atoms with Crippen molar-refractivity contribution >= 4 is 48.3 Å². The van der Waals surface area contributed by atoms with E-state index in [4.69, 9.17) is 4.98 Å². The van der Waals surface area contributed by atoms with Gasteiger partial charge in [0.25, 0.3) is 0 Å². The number of piperidine rings is 1. The number of aryl methyl sites for hydroxylation is 1. The molecule has 174 valence electrons. The topological polar surface area (TPSA) is 70.6 Å². The van der Waals surface area contributed by atoms with E-state index in [9.17, 15) is 13.2 Å². The van der Waals surface area contributed by atoms with Crippen LogP contribution in [0.5, 0.6) is 0 Å². The van der Waals surface area contributed by atoms with Crippen molar-refractivity contribution in [2.75, 3.05) is 18.0 Å². The van der Waals surface area contributed by atoms with E-state index in [0.29, 0.717) is 24.5 Å². The van der Waals surface area contributed by atoms with E-state index in [2.05, 4.69) is 0 Å². The molecular weight excluding hydrogens is 466 g/mol. The largest absolute Gasteiger partial charge is 0.274 e. The van der Waals surface area contributed by atoms with Crippen molar-refractivity contribution in [2.45, 2.75) is 24.7 Å². The van der Waals surface area contributed by atoms with E-state index >= 15 is 0 Å². The second kappa shape index (κ2) is 9.29. The van der Waals surface area contributed by atoms with Crippen LogP contribution in [0.3, 0.4) is 0 Å². The number of nitrogens with zero attached hydrogens (tertiary/aromatic N) is 3. The number of sulfonamides is 1. The lowest BCUT2D eigenvalue weighted by molar-refractivity contribution is -0.122. The normalized spacial score (nSPS) is 17.0. The van der Waals surface area contributed by atoms with E-state index < -0.39 is 15.9 Å². The molecule has 0 bridgehead atoms. The molecule has 8 heteroatoms. The van der Waals surface area contributed by atoms with Gasteiger partial charge in [-0.3, -0.25) is 9.69 Å². The molecule has 5 rings (SSSR count). The molecule has 0 radical (unpaired) electrons. The lowest BCUT2D eigenvalue weighted by Gasteiger charge is -2.34. The van der Waals surface area contributed by atoms with E-state index in [1.54, 1.807) is 35.2 Å². The Balaban J connectivity index is 1.51. The van der Waals surface area contributed by atoms with Crippen molar-refractivity contribution in [3.63, 3.8) is 0 Å². The van der Waals surface area contributed by atoms with E-state index in [-0.39, 0.29) is 17.3 Å². The Hall–Kier alpha value is -3.07. The molecule has 1 fully saturated rings. The Bertz CT molecular complexity index is 1400. The van der Waals surface area contributed by atoms with E-state index in [0.717, 1.165) is 21.5 Å². The molecule has 1 aliphatic heterocycles. The first kappa shape index (κ1) is 22.7. The lowest BCUT2D eigenvalue weighted by atomic mass is 9.97. The Kier molecular flexibility index (Phi) is 6.20. The van der Waals surface area contributed by atoms with Gasteiger partial charge in [0.05, 0.1) is 26.7 Å². The minimum Gasteiger partial charge on any atom is -0.274 e. The number of thiazole rings is 1. The average Bonchev–Trinajstić information content (AvgIpc) is 3.29. The Morgan fingerprint density at radius 2 is 1.71 bits per heavy atom. The van der Waals surface area contributed by atoms with Crippen molar-refractivity contribution in [2.24, 2.45) is 5.92 Å². The minimum absolute atomic E-state index is 0.124. The third-order valence-corrected chi connectivity index (χ3v) is 9.07. The van der Waals surface area contributed by atoms with Crippen LogP contribution in [0.2, 0.25) is 0 Å². The van der Waals surface area contributed by atoms with Gasteiger partial charge in [0.1, 0.15) is 0 Å². The van der Waals surface area contributed by atoms with Crippen molar-refractivity contribution in [1.29, 1.82) is 0 Å². The highest BCUT2D eigenvalue weighted by molar-refractivity contribution is 7.89. The number of carbonyl (C=O) groups excluding carboxylic acids is 1. The monoisotopic (exact) mass is 491 g/mol. The molecule has 0 spiro atoms. The third-order valence-electron chi connectivity index (χ3n) is 6.16. The number of rotatable bonds is 5. The maximum atomic E-state index is 14.0. The first-order valence-corrected chi connectivity index (χ1v) is 13.5. The quantitative estimate of drug-likeness (QED) is 0.376. The number of benzene rings is 3. The lowest BCUT2D eigenvalue weighted by Crippen LogP contribution is -2.45. The number of hydrogen-bond acceptors (Lipinski definition) is 5. The van der Waals surface area contributed by atoms with Gasteiger partial charge in [-0.1, -0.05) is 59.9 Å². The molecule has 1 amide bonds. The fraction of sp³-hybridized carbons (Fsp3) is 0.231. The summed E-state index contributed by atoms with van der Waals surface area (Å²) in [6.45, 7) is 2.53. The summed E-state index contributed by atoms with van der Waals surface area (Å²) in [6.07, 6.45) is 1.26. The van der Waals surface area contributed by atoms with Crippen LogP contribution in [0.1, 0.15) is 18.4 Å². The van der Waals surface area contributed by atoms with Crippen molar-refractivity contribution in [1.82, 2.24) is 9.29 Å². The number of amides is 1. The van der Waals surface area contributed by atoms with E-state index in [1.165, 1.54) is 15.6 Å². The first-order chi connectivity index (χ1) is 16.4. The zero-order valence-corrected chi connectivity index (χ0v) is 20.4. The minimum atomic E-state index is -3.66. The molecule has 1 aliphatic rings. The molecule has 0 N–H and O–H groups in total. The van der Waals surface area contributed by atoms with Gasteiger partial charge in [-0.25, -0.2) is 13.4 Å². The second-order valence-corrected chi connectivity index (χ2v) is 11.4. The fourth-order valence-electron chi connectivity index (χ4n) is 4.37. The molecule has 1 unspecified atom stereocenters. The molecule has 6 nitrogen and oxygen atoms in total. The molecule has 3 aromatic carbocycles. The van der Waals surface area contributed by atoms with Crippen molar-refractivity contribution in [3.8, 4) is 0 Å². The predicted octanol–water partition coefficient (Wildman–Crippen LogP) is 5.37. The van der Waals surface area contributed by atoms with Gasteiger partial charge in [-0.05, 0) is 55.7 Å². The molecule has 1 saturated heterocycles. The van der Waals surface area contributed by atoms with Crippen molar-refractivity contribution in [3.05, 3.63) is 84.4 Å². The third kappa shape index (κ3) is 4.24. The summed E-state index contributed by atoms with van der Waals surface area (Å²) in [5.74, 6) is -0.583. The summed E-state index contributed by atoms with van der Waals surface area (Å²) >= 11 is 1.47. The fourth-order valence-corrected chi connectivity index (χ4v) is 6.90. The smallest absolute Gasteiger partial charge is 0.243 e. The number of carbonyl (C=O) groups is 1. The van der Waals surface area contributed by atoms with Crippen LogP contribution < -0.4 is 4.90 Å². The zero-order chi connectivity index (χ0) is 23.7. The highest BCUT2D eigenvalue weighted by Gasteiger charge is 2.37. The summed E-state index contributed by atoms with van der Waals surface area (Å²) < 4.78 is 28.9. The number of aromatic nitrogens is 1. The molecule has 1 atom stereocenters. The number of fused-ring (bicyclic) bond motifs is 1. The summed E-state index contributed by atoms with van der Waals surface area (Å²) in [5.41, 5.74) is 2.57. The predicted molar refractivity (Wildman–Crippen MR) is 136 cm³/mol. The maximum absolute atomic E-state index is 14.0. The van der Waals surface area contributed by atoms with Gasteiger partial charge >= 0.3 is 0 Å². The van der Waals surface area contributed by atoms with Crippen LogP contribution in [-0.4, -0.2) is 36.7 Å². The summed E-state index contributed by atoms with van der Waals surface area (Å²) in [5, 5.41) is 0.600.